The lowest BCUT2D eigenvalue weighted by molar-refractivity contribution is 0.231. The predicted octanol–water partition coefficient (Wildman–Crippen LogP) is 2.56. The molecule has 0 aliphatic heterocycles. The standard InChI is InChI=1S/C15H17N3O3/c1-11-7-8-14(16-9-11)18-15(19)17-10-21-13-6-4-3-5-12(13)20-2/h3-9H,10H2,1-2H3,(H2,16,17,18,19). The van der Waals surface area contributed by atoms with E-state index < -0.39 is 0 Å². The van der Waals surface area contributed by atoms with Gasteiger partial charge in [0.2, 0.25) is 0 Å². The van der Waals surface area contributed by atoms with E-state index in [0.29, 0.717) is 17.3 Å². The first-order chi connectivity index (χ1) is 10.2. The Labute approximate surface area is 123 Å². The van der Waals surface area contributed by atoms with Gasteiger partial charge in [-0.15, -0.1) is 0 Å². The Balaban J connectivity index is 1.80. The minimum absolute atomic E-state index is 0.0259. The number of hydrogen-bond donors (Lipinski definition) is 2. The van der Waals surface area contributed by atoms with Crippen molar-refractivity contribution in [2.45, 2.75) is 6.92 Å². The number of carbonyl (C=O) groups is 1. The van der Waals surface area contributed by atoms with Crippen LogP contribution >= 0.6 is 0 Å². The van der Waals surface area contributed by atoms with Crippen LogP contribution in [-0.2, 0) is 0 Å². The molecule has 0 saturated heterocycles. The highest BCUT2D eigenvalue weighted by molar-refractivity contribution is 5.88. The Bertz CT molecular complexity index is 599. The van der Waals surface area contributed by atoms with E-state index in [4.69, 9.17) is 9.47 Å². The van der Waals surface area contributed by atoms with Gasteiger partial charge in [-0.25, -0.2) is 9.78 Å². The third kappa shape index (κ3) is 4.38. The summed E-state index contributed by atoms with van der Waals surface area (Å²) in [4.78, 5) is 15.7. The number of methoxy groups -OCH3 is 1. The molecule has 110 valence electrons. The minimum atomic E-state index is -0.388. The largest absolute Gasteiger partial charge is 0.493 e. The Hall–Kier alpha value is -2.76. The van der Waals surface area contributed by atoms with E-state index in [2.05, 4.69) is 15.6 Å². The van der Waals surface area contributed by atoms with Crippen molar-refractivity contribution in [2.75, 3.05) is 19.2 Å². The summed E-state index contributed by atoms with van der Waals surface area (Å²) in [5.41, 5.74) is 1.03. The van der Waals surface area contributed by atoms with Gasteiger partial charge in [0.25, 0.3) is 0 Å². The van der Waals surface area contributed by atoms with Crippen LogP contribution in [0.2, 0.25) is 0 Å². The number of nitrogens with zero attached hydrogens (tertiary/aromatic N) is 1. The summed E-state index contributed by atoms with van der Waals surface area (Å²) in [7, 11) is 1.56. The summed E-state index contributed by atoms with van der Waals surface area (Å²) in [6.45, 7) is 1.95. The van der Waals surface area contributed by atoms with Crippen molar-refractivity contribution >= 4 is 11.8 Å². The molecule has 0 fully saturated rings. The molecule has 0 spiro atoms. The number of aryl methyl sites for hydroxylation is 1. The SMILES string of the molecule is COc1ccccc1OCNC(=O)Nc1ccc(C)cn1. The topological polar surface area (TPSA) is 72.5 Å². The number of carbonyl (C=O) groups excluding carboxylic acids is 1. The monoisotopic (exact) mass is 287 g/mol. The van der Waals surface area contributed by atoms with Gasteiger partial charge >= 0.3 is 6.03 Å². The first-order valence-electron chi connectivity index (χ1n) is 6.42. The molecule has 1 aromatic carbocycles. The van der Waals surface area contributed by atoms with Gasteiger partial charge in [0.15, 0.2) is 18.2 Å². The fourth-order valence-corrected chi connectivity index (χ4v) is 1.62. The first-order valence-corrected chi connectivity index (χ1v) is 6.42. The highest BCUT2D eigenvalue weighted by atomic mass is 16.5. The van der Waals surface area contributed by atoms with Crippen LogP contribution in [0.25, 0.3) is 0 Å². The molecule has 1 aromatic heterocycles. The lowest BCUT2D eigenvalue weighted by Crippen LogP contribution is -2.32. The highest BCUT2D eigenvalue weighted by Gasteiger charge is 2.04. The molecular weight excluding hydrogens is 270 g/mol. The van der Waals surface area contributed by atoms with Crippen molar-refractivity contribution in [3.05, 3.63) is 48.2 Å². The van der Waals surface area contributed by atoms with Crippen molar-refractivity contribution in [3.8, 4) is 11.5 Å². The number of nitrogens with one attached hydrogen (secondary N) is 2. The molecule has 21 heavy (non-hydrogen) atoms. The number of amides is 2. The van der Waals surface area contributed by atoms with Gasteiger partial charge in [0.1, 0.15) is 5.82 Å². The van der Waals surface area contributed by atoms with Crippen LogP contribution < -0.4 is 20.1 Å². The molecule has 1 heterocycles. The summed E-state index contributed by atoms with van der Waals surface area (Å²) in [5, 5.41) is 5.19. The summed E-state index contributed by atoms with van der Waals surface area (Å²) in [6, 6.07) is 10.4. The summed E-state index contributed by atoms with van der Waals surface area (Å²) in [6.07, 6.45) is 1.68. The maximum atomic E-state index is 11.7. The van der Waals surface area contributed by atoms with Crippen LogP contribution in [0.1, 0.15) is 5.56 Å². The van der Waals surface area contributed by atoms with Crippen molar-refractivity contribution in [1.29, 1.82) is 0 Å². The number of para-hydroxylation sites is 2. The third-order valence-corrected chi connectivity index (χ3v) is 2.68. The molecule has 0 radical (unpaired) electrons. The second-order valence-corrected chi connectivity index (χ2v) is 4.29. The normalized spacial score (nSPS) is 9.81. The Morgan fingerprint density at radius 3 is 2.62 bits per heavy atom. The van der Waals surface area contributed by atoms with Crippen molar-refractivity contribution in [1.82, 2.24) is 10.3 Å². The van der Waals surface area contributed by atoms with Gasteiger partial charge in [-0.2, -0.15) is 0 Å². The maximum Gasteiger partial charge on any atom is 0.323 e. The molecular formula is C15H17N3O3. The van der Waals surface area contributed by atoms with Gasteiger partial charge < -0.3 is 14.8 Å². The zero-order valence-corrected chi connectivity index (χ0v) is 11.9. The van der Waals surface area contributed by atoms with Crippen molar-refractivity contribution in [3.63, 3.8) is 0 Å². The number of aromatic nitrogens is 1. The zero-order chi connectivity index (χ0) is 15.1. The molecule has 0 aliphatic rings. The van der Waals surface area contributed by atoms with Crippen LogP contribution in [0.5, 0.6) is 11.5 Å². The second-order valence-electron chi connectivity index (χ2n) is 4.29. The molecule has 2 N–H and O–H groups in total. The van der Waals surface area contributed by atoms with Crippen molar-refractivity contribution in [2.24, 2.45) is 0 Å². The Morgan fingerprint density at radius 1 is 1.19 bits per heavy atom. The number of ether oxygens (including phenoxy) is 2. The number of benzene rings is 1. The Kier molecular flexibility index (Phi) is 4.98. The van der Waals surface area contributed by atoms with Crippen LogP contribution in [0, 0.1) is 6.92 Å². The lowest BCUT2D eigenvalue weighted by atomic mass is 10.3. The van der Waals surface area contributed by atoms with E-state index in [-0.39, 0.29) is 12.8 Å². The number of anilines is 1. The van der Waals surface area contributed by atoms with Crippen molar-refractivity contribution < 1.29 is 14.3 Å². The van der Waals surface area contributed by atoms with Gasteiger partial charge in [-0.05, 0) is 30.7 Å². The van der Waals surface area contributed by atoms with E-state index in [0.717, 1.165) is 5.56 Å². The summed E-state index contributed by atoms with van der Waals surface area (Å²) < 4.78 is 10.6. The van der Waals surface area contributed by atoms with Crippen LogP contribution in [0.3, 0.4) is 0 Å². The first kappa shape index (κ1) is 14.6. The van der Waals surface area contributed by atoms with Gasteiger partial charge in [0, 0.05) is 6.20 Å². The van der Waals surface area contributed by atoms with Gasteiger partial charge in [-0.1, -0.05) is 18.2 Å². The second kappa shape index (κ2) is 7.14. The molecule has 0 saturated carbocycles. The number of pyridine rings is 1. The Morgan fingerprint density at radius 2 is 1.95 bits per heavy atom. The molecule has 2 rings (SSSR count). The third-order valence-electron chi connectivity index (χ3n) is 2.68. The average molecular weight is 287 g/mol. The number of urea groups is 1. The van der Waals surface area contributed by atoms with E-state index in [9.17, 15) is 4.79 Å². The molecule has 0 atom stereocenters. The quantitative estimate of drug-likeness (QED) is 0.829. The van der Waals surface area contributed by atoms with Crippen LogP contribution in [0.15, 0.2) is 42.6 Å². The fraction of sp³-hybridized carbons (Fsp3) is 0.200. The predicted molar refractivity (Wildman–Crippen MR) is 79.6 cm³/mol. The average Bonchev–Trinajstić information content (AvgIpc) is 2.50. The van der Waals surface area contributed by atoms with E-state index in [1.165, 1.54) is 0 Å². The van der Waals surface area contributed by atoms with E-state index in [1.54, 1.807) is 31.5 Å². The smallest absolute Gasteiger partial charge is 0.323 e. The van der Waals surface area contributed by atoms with Gasteiger partial charge in [-0.3, -0.25) is 5.32 Å². The van der Waals surface area contributed by atoms with Gasteiger partial charge in [0.05, 0.1) is 7.11 Å². The maximum absolute atomic E-state index is 11.7. The zero-order valence-electron chi connectivity index (χ0n) is 11.9. The molecule has 0 bridgehead atoms. The molecule has 6 heteroatoms. The molecule has 0 aliphatic carbocycles. The fourth-order valence-electron chi connectivity index (χ4n) is 1.62. The van der Waals surface area contributed by atoms with E-state index >= 15 is 0 Å². The lowest BCUT2D eigenvalue weighted by Gasteiger charge is -2.11. The summed E-state index contributed by atoms with van der Waals surface area (Å²) >= 11 is 0. The van der Waals surface area contributed by atoms with E-state index in [1.807, 2.05) is 25.1 Å². The number of rotatable bonds is 5. The molecule has 2 amide bonds. The highest BCUT2D eigenvalue weighted by Crippen LogP contribution is 2.25. The molecule has 2 aromatic rings. The van der Waals surface area contributed by atoms with Crippen LogP contribution in [-0.4, -0.2) is 24.9 Å². The molecule has 0 unspecified atom stereocenters. The van der Waals surface area contributed by atoms with Crippen LogP contribution in [0.4, 0.5) is 10.6 Å². The molecule has 6 nitrogen and oxygen atoms in total. The minimum Gasteiger partial charge on any atom is -0.493 e. The number of hydrogen-bond acceptors (Lipinski definition) is 4. The summed E-state index contributed by atoms with van der Waals surface area (Å²) in [5.74, 6) is 1.66.